The number of nitrogens with two attached hydrogens (primary N) is 1. The smallest absolute Gasteiger partial charge is 0.173 e. The third-order valence-corrected chi connectivity index (χ3v) is 6.71. The van der Waals surface area contributed by atoms with E-state index in [1.807, 2.05) is 0 Å². The summed E-state index contributed by atoms with van der Waals surface area (Å²) >= 11 is 0. The molecule has 6 nitrogen and oxygen atoms in total. The van der Waals surface area contributed by atoms with Crippen LogP contribution in [0.4, 0.5) is 0 Å². The fourth-order valence-corrected chi connectivity index (χ4v) is 5.00. The van der Waals surface area contributed by atoms with Gasteiger partial charge in [-0.3, -0.25) is 0 Å². The Morgan fingerprint density at radius 1 is 0.600 bits per heavy atom. The van der Waals surface area contributed by atoms with Gasteiger partial charge >= 0.3 is 0 Å². The van der Waals surface area contributed by atoms with Gasteiger partial charge in [-0.25, -0.2) is 0 Å². The maximum Gasteiger partial charge on any atom is 0.173 e. The van der Waals surface area contributed by atoms with Crippen LogP contribution in [0.15, 0.2) is 0 Å². The highest BCUT2D eigenvalue weighted by Crippen LogP contribution is 2.27. The third kappa shape index (κ3) is 19.3. The van der Waals surface area contributed by atoms with E-state index >= 15 is 0 Å². The normalized spacial score (nSPS) is 13.7. The van der Waals surface area contributed by atoms with Gasteiger partial charge in [0, 0.05) is 33.0 Å². The van der Waals surface area contributed by atoms with Crippen molar-refractivity contribution in [1.29, 1.82) is 0 Å². The zero-order valence-electron chi connectivity index (χ0n) is 20.0. The van der Waals surface area contributed by atoms with Crippen LogP contribution in [0, 0.1) is 0 Å². The van der Waals surface area contributed by atoms with Crippen LogP contribution in [0.1, 0.15) is 72.6 Å². The third-order valence-electron chi connectivity index (χ3n) is 4.16. The molecule has 0 aliphatic carbocycles. The molecule has 0 aromatic carbocycles. The summed E-state index contributed by atoms with van der Waals surface area (Å²) in [7, 11) is 1.33. The first-order chi connectivity index (χ1) is 14.7. The molecule has 0 bridgehead atoms. The Balaban J connectivity index is 4.25. The molecule has 0 heterocycles. The van der Waals surface area contributed by atoms with Gasteiger partial charge in [-0.1, -0.05) is 44.9 Å². The summed E-state index contributed by atoms with van der Waals surface area (Å²) in [5, 5.41) is 0. The average Bonchev–Trinajstić information content (AvgIpc) is 2.76. The first kappa shape index (κ1) is 30.6. The minimum atomic E-state index is -0.0614. The molecule has 0 spiro atoms. The van der Waals surface area contributed by atoms with Crippen LogP contribution in [-0.2, 0) is 23.7 Å². The van der Waals surface area contributed by atoms with Crippen LogP contribution >= 0.6 is 17.2 Å². The minimum absolute atomic E-state index is 0.0398. The van der Waals surface area contributed by atoms with E-state index in [0.29, 0.717) is 30.3 Å². The Kier molecular flexibility index (Phi) is 24.8. The van der Waals surface area contributed by atoms with Crippen LogP contribution in [0.2, 0.25) is 0 Å². The van der Waals surface area contributed by atoms with Crippen molar-refractivity contribution < 1.29 is 23.7 Å². The summed E-state index contributed by atoms with van der Waals surface area (Å²) in [4.78, 5) is 0. The standard InChI is InChI=1S/C22H49NO5P2/c1-5-13-25-21(26-14-6-2)29-18-9-10-20(24-17-12-23)11-19-30-22(27-15-7-3)28-16-8-4/h20-22,29-30H,5-19,23H2,1-4H3. The highest BCUT2D eigenvalue weighted by Gasteiger charge is 2.14. The van der Waals surface area contributed by atoms with Crippen molar-refractivity contribution in [2.24, 2.45) is 5.73 Å². The van der Waals surface area contributed by atoms with Gasteiger partial charge in [-0.05, 0) is 57.3 Å². The fraction of sp³-hybridized carbons (Fsp3) is 1.00. The molecule has 0 saturated carbocycles. The molecule has 0 rings (SSSR count). The minimum Gasteiger partial charge on any atom is -0.377 e. The van der Waals surface area contributed by atoms with E-state index in [1.54, 1.807) is 0 Å². The Hall–Kier alpha value is 0.620. The number of hydrogen-bond donors (Lipinski definition) is 1. The van der Waals surface area contributed by atoms with E-state index in [-0.39, 0.29) is 18.2 Å². The second-order valence-corrected chi connectivity index (χ2v) is 10.0. The van der Waals surface area contributed by atoms with E-state index in [0.717, 1.165) is 83.7 Å². The van der Waals surface area contributed by atoms with Crippen molar-refractivity contribution in [1.82, 2.24) is 0 Å². The molecule has 0 saturated heterocycles. The zero-order valence-corrected chi connectivity index (χ0v) is 22.0. The lowest BCUT2D eigenvalue weighted by molar-refractivity contribution is -0.0846. The van der Waals surface area contributed by atoms with Crippen molar-refractivity contribution in [3.05, 3.63) is 0 Å². The Morgan fingerprint density at radius 3 is 1.50 bits per heavy atom. The van der Waals surface area contributed by atoms with Gasteiger partial charge in [0.1, 0.15) is 0 Å². The molecular weight excluding hydrogens is 420 g/mol. The van der Waals surface area contributed by atoms with Crippen LogP contribution in [-0.4, -0.2) is 70.1 Å². The second-order valence-electron chi connectivity index (χ2n) is 7.27. The predicted octanol–water partition coefficient (Wildman–Crippen LogP) is 5.13. The van der Waals surface area contributed by atoms with Gasteiger partial charge in [0.25, 0.3) is 0 Å². The van der Waals surface area contributed by atoms with Crippen molar-refractivity contribution >= 4 is 17.2 Å². The van der Waals surface area contributed by atoms with E-state index in [4.69, 9.17) is 29.4 Å². The molecule has 3 atom stereocenters. The van der Waals surface area contributed by atoms with Gasteiger partial charge in [0.2, 0.25) is 0 Å². The molecule has 0 aliphatic heterocycles. The Morgan fingerprint density at radius 2 is 1.07 bits per heavy atom. The molecule has 0 fully saturated rings. The highest BCUT2D eigenvalue weighted by molar-refractivity contribution is 7.38. The van der Waals surface area contributed by atoms with Crippen molar-refractivity contribution in [3.8, 4) is 0 Å². The van der Waals surface area contributed by atoms with Crippen LogP contribution in [0.25, 0.3) is 0 Å². The number of hydrogen-bond acceptors (Lipinski definition) is 6. The molecule has 0 aromatic rings. The molecule has 2 N–H and O–H groups in total. The van der Waals surface area contributed by atoms with Crippen molar-refractivity contribution in [3.63, 3.8) is 0 Å². The van der Waals surface area contributed by atoms with Gasteiger partial charge in [0.05, 0.1) is 12.7 Å². The Labute approximate surface area is 189 Å². The summed E-state index contributed by atoms with van der Waals surface area (Å²) in [5.74, 6) is 0. The van der Waals surface area contributed by atoms with Crippen molar-refractivity contribution in [2.45, 2.75) is 90.8 Å². The predicted molar refractivity (Wildman–Crippen MR) is 132 cm³/mol. The maximum atomic E-state index is 6.01. The van der Waals surface area contributed by atoms with Crippen LogP contribution in [0.5, 0.6) is 0 Å². The van der Waals surface area contributed by atoms with Crippen LogP contribution in [0.3, 0.4) is 0 Å². The van der Waals surface area contributed by atoms with E-state index < -0.39 is 0 Å². The summed E-state index contributed by atoms with van der Waals surface area (Å²) in [5.41, 5.74) is 5.66. The molecule has 3 unspecified atom stereocenters. The molecular formula is C22H49NO5P2. The number of ether oxygens (including phenoxy) is 5. The highest BCUT2D eigenvalue weighted by atomic mass is 31.1. The first-order valence-electron chi connectivity index (χ1n) is 12.0. The lowest BCUT2D eigenvalue weighted by Crippen LogP contribution is -2.20. The van der Waals surface area contributed by atoms with E-state index in [2.05, 4.69) is 27.7 Å². The molecule has 30 heavy (non-hydrogen) atoms. The fourth-order valence-electron chi connectivity index (χ4n) is 2.69. The maximum absolute atomic E-state index is 6.01. The Bertz CT molecular complexity index is 327. The molecule has 0 amide bonds. The summed E-state index contributed by atoms with van der Waals surface area (Å²) in [6.07, 6.45) is 9.74. The largest absolute Gasteiger partial charge is 0.377 e. The lowest BCUT2D eigenvalue weighted by atomic mass is 10.1. The first-order valence-corrected chi connectivity index (χ1v) is 14.5. The summed E-state index contributed by atoms with van der Waals surface area (Å²) < 4.78 is 29.4. The lowest BCUT2D eigenvalue weighted by Gasteiger charge is -2.22. The van der Waals surface area contributed by atoms with Gasteiger partial charge < -0.3 is 29.4 Å². The zero-order chi connectivity index (χ0) is 22.3. The van der Waals surface area contributed by atoms with Crippen molar-refractivity contribution in [2.75, 3.05) is 51.9 Å². The number of rotatable bonds is 24. The van der Waals surface area contributed by atoms with Crippen LogP contribution < -0.4 is 5.73 Å². The molecule has 182 valence electrons. The van der Waals surface area contributed by atoms with E-state index in [9.17, 15) is 0 Å². The molecule has 0 aromatic heterocycles. The molecule has 0 aliphatic rings. The molecule has 8 heteroatoms. The van der Waals surface area contributed by atoms with E-state index in [1.165, 1.54) is 0 Å². The summed E-state index contributed by atoms with van der Waals surface area (Å²) in [6, 6.07) is -0.101. The quantitative estimate of drug-likeness (QED) is 0.120. The second kappa shape index (κ2) is 24.3. The van der Waals surface area contributed by atoms with Gasteiger partial charge in [-0.15, -0.1) is 0 Å². The SMILES string of the molecule is CCCOC(OCCC)PCCCC(CCPC(OCCC)OCCC)OCCN. The summed E-state index contributed by atoms with van der Waals surface area (Å²) in [6.45, 7) is 12.8. The monoisotopic (exact) mass is 469 g/mol. The van der Waals surface area contributed by atoms with Gasteiger partial charge in [0.15, 0.2) is 12.1 Å². The van der Waals surface area contributed by atoms with Gasteiger partial charge in [-0.2, -0.15) is 0 Å². The topological polar surface area (TPSA) is 72.2 Å². The average molecular weight is 470 g/mol. The molecule has 0 radical (unpaired) electrons.